The van der Waals surface area contributed by atoms with Crippen LogP contribution in [0.15, 0.2) is 39.9 Å². The van der Waals surface area contributed by atoms with Gasteiger partial charge in [0.1, 0.15) is 0 Å². The van der Waals surface area contributed by atoms with Crippen molar-refractivity contribution in [3.63, 3.8) is 0 Å². The van der Waals surface area contributed by atoms with Crippen molar-refractivity contribution in [3.05, 3.63) is 68.0 Å². The summed E-state index contributed by atoms with van der Waals surface area (Å²) in [7, 11) is 1.46. The Hall–Kier alpha value is -2.10. The number of rotatable bonds is 2. The lowest BCUT2D eigenvalue weighted by molar-refractivity contribution is 0.758. The van der Waals surface area contributed by atoms with Gasteiger partial charge in [-0.05, 0) is 12.5 Å². The molecule has 0 aliphatic heterocycles. The number of aryl methyl sites for hydroxylation is 1. The summed E-state index contributed by atoms with van der Waals surface area (Å²) in [5.74, 6) is 0. The van der Waals surface area contributed by atoms with E-state index in [0.717, 1.165) is 15.7 Å². The summed E-state index contributed by atoms with van der Waals surface area (Å²) in [5.41, 5.74) is 2.22. The lowest BCUT2D eigenvalue weighted by Crippen LogP contribution is -2.32. The van der Waals surface area contributed by atoms with Gasteiger partial charge in [0.2, 0.25) is 0 Å². The van der Waals surface area contributed by atoms with Crippen LogP contribution in [0.1, 0.15) is 16.8 Å². The molecule has 0 saturated heterocycles. The highest BCUT2D eigenvalue weighted by molar-refractivity contribution is 5.25. The summed E-state index contributed by atoms with van der Waals surface area (Å²) in [6.07, 6.45) is 0.562. The first-order chi connectivity index (χ1) is 8.06. The summed E-state index contributed by atoms with van der Waals surface area (Å²) in [4.78, 5) is 25.6. The van der Waals surface area contributed by atoms with Crippen molar-refractivity contribution in [2.45, 2.75) is 13.3 Å². The number of benzene rings is 1. The lowest BCUT2D eigenvalue weighted by atomic mass is 10.1. The Morgan fingerprint density at radius 1 is 1.24 bits per heavy atom. The first-order valence-electron chi connectivity index (χ1n) is 5.41. The van der Waals surface area contributed by atoms with Crippen molar-refractivity contribution in [2.75, 3.05) is 0 Å². The molecule has 17 heavy (non-hydrogen) atoms. The topological polar surface area (TPSA) is 54.9 Å². The average Bonchev–Trinajstić information content (AvgIpc) is 2.26. The van der Waals surface area contributed by atoms with Crippen LogP contribution in [0.4, 0.5) is 0 Å². The predicted molar refractivity (Wildman–Crippen MR) is 66.3 cm³/mol. The molecule has 0 spiro atoms. The second-order valence-corrected chi connectivity index (χ2v) is 4.16. The zero-order valence-corrected chi connectivity index (χ0v) is 9.86. The Morgan fingerprint density at radius 3 is 2.65 bits per heavy atom. The molecule has 1 heterocycles. The second kappa shape index (κ2) is 4.41. The second-order valence-electron chi connectivity index (χ2n) is 4.16. The van der Waals surface area contributed by atoms with Crippen LogP contribution < -0.4 is 11.2 Å². The monoisotopic (exact) mass is 230 g/mol. The number of nitrogens with one attached hydrogen (secondary N) is 1. The zero-order valence-electron chi connectivity index (χ0n) is 9.86. The van der Waals surface area contributed by atoms with Crippen molar-refractivity contribution in [3.8, 4) is 0 Å². The molecule has 0 atom stereocenters. The molecule has 4 heteroatoms. The highest BCUT2D eigenvalue weighted by atomic mass is 16.2. The van der Waals surface area contributed by atoms with Crippen molar-refractivity contribution in [1.82, 2.24) is 9.55 Å². The third-order valence-corrected chi connectivity index (χ3v) is 2.68. The predicted octanol–water partition coefficient (Wildman–Crippen LogP) is 0.973. The van der Waals surface area contributed by atoms with Gasteiger partial charge in [0, 0.05) is 25.2 Å². The molecule has 1 N–H and O–H groups in total. The molecule has 1 aromatic heterocycles. The molecular formula is C13H14N2O2. The van der Waals surface area contributed by atoms with E-state index in [0.29, 0.717) is 12.1 Å². The van der Waals surface area contributed by atoms with Crippen LogP contribution in [0.5, 0.6) is 0 Å². The standard InChI is InChI=1S/C13H14N2O2/c1-9-4-3-5-10(6-9)7-11-8-12(16)15(2)13(17)14-11/h3-6,8H,7H2,1-2H3,(H,14,17). The lowest BCUT2D eigenvalue weighted by Gasteiger charge is -2.03. The maximum atomic E-state index is 11.5. The minimum absolute atomic E-state index is 0.281. The van der Waals surface area contributed by atoms with E-state index >= 15 is 0 Å². The molecule has 2 rings (SSSR count). The normalized spacial score (nSPS) is 10.5. The SMILES string of the molecule is Cc1cccc(Cc2cc(=O)n(C)c(=O)[nH]2)c1. The van der Waals surface area contributed by atoms with E-state index in [2.05, 4.69) is 4.98 Å². The first-order valence-corrected chi connectivity index (χ1v) is 5.41. The number of hydrogen-bond donors (Lipinski definition) is 1. The first kappa shape index (κ1) is 11.4. The molecule has 0 aliphatic rings. The van der Waals surface area contributed by atoms with Crippen molar-refractivity contribution in [2.24, 2.45) is 7.05 Å². The van der Waals surface area contributed by atoms with Crippen LogP contribution in [0.25, 0.3) is 0 Å². The molecule has 0 fully saturated rings. The fourth-order valence-corrected chi connectivity index (χ4v) is 1.74. The fraction of sp³-hybridized carbons (Fsp3) is 0.231. The van der Waals surface area contributed by atoms with Gasteiger partial charge in [0.25, 0.3) is 5.56 Å². The van der Waals surface area contributed by atoms with Crippen LogP contribution in [0.2, 0.25) is 0 Å². The number of hydrogen-bond acceptors (Lipinski definition) is 2. The molecule has 0 aliphatic carbocycles. The van der Waals surface area contributed by atoms with E-state index in [9.17, 15) is 9.59 Å². The fourth-order valence-electron chi connectivity index (χ4n) is 1.74. The summed E-state index contributed by atoms with van der Waals surface area (Å²) in [6.45, 7) is 2.01. The van der Waals surface area contributed by atoms with E-state index < -0.39 is 0 Å². The molecule has 4 nitrogen and oxygen atoms in total. The summed E-state index contributed by atoms with van der Waals surface area (Å²) in [6, 6.07) is 9.45. The Kier molecular flexibility index (Phi) is 2.95. The largest absolute Gasteiger partial charge is 0.328 e. The number of nitrogens with zero attached hydrogens (tertiary/aromatic N) is 1. The van der Waals surface area contributed by atoms with E-state index in [1.54, 1.807) is 0 Å². The highest BCUT2D eigenvalue weighted by Gasteiger charge is 2.02. The third kappa shape index (κ3) is 2.53. The van der Waals surface area contributed by atoms with E-state index in [4.69, 9.17) is 0 Å². The van der Waals surface area contributed by atoms with Crippen molar-refractivity contribution in [1.29, 1.82) is 0 Å². The number of aromatic amines is 1. The van der Waals surface area contributed by atoms with Gasteiger partial charge in [-0.2, -0.15) is 0 Å². The molecular weight excluding hydrogens is 216 g/mol. The van der Waals surface area contributed by atoms with Crippen LogP contribution in [-0.4, -0.2) is 9.55 Å². The van der Waals surface area contributed by atoms with E-state index in [-0.39, 0.29) is 11.2 Å². The van der Waals surface area contributed by atoms with Crippen LogP contribution in [0, 0.1) is 6.92 Å². The van der Waals surface area contributed by atoms with Crippen molar-refractivity contribution < 1.29 is 0 Å². The van der Waals surface area contributed by atoms with Gasteiger partial charge in [-0.15, -0.1) is 0 Å². The van der Waals surface area contributed by atoms with Gasteiger partial charge in [0.15, 0.2) is 0 Å². The average molecular weight is 230 g/mol. The summed E-state index contributed by atoms with van der Waals surface area (Å²) < 4.78 is 1.06. The smallest absolute Gasteiger partial charge is 0.311 e. The quantitative estimate of drug-likeness (QED) is 0.835. The molecule has 0 unspecified atom stereocenters. The Balaban J connectivity index is 2.37. The molecule has 1 aromatic carbocycles. The molecule has 0 saturated carbocycles. The molecule has 0 radical (unpaired) electrons. The van der Waals surface area contributed by atoms with E-state index in [1.807, 2.05) is 31.2 Å². The minimum Gasteiger partial charge on any atom is -0.311 e. The molecule has 2 aromatic rings. The number of aromatic nitrogens is 2. The van der Waals surface area contributed by atoms with Crippen LogP contribution >= 0.6 is 0 Å². The maximum absolute atomic E-state index is 11.5. The van der Waals surface area contributed by atoms with Crippen LogP contribution in [0.3, 0.4) is 0 Å². The zero-order chi connectivity index (χ0) is 12.4. The number of H-pyrrole nitrogens is 1. The Labute approximate surface area is 98.6 Å². The van der Waals surface area contributed by atoms with Gasteiger partial charge in [-0.3, -0.25) is 9.36 Å². The van der Waals surface area contributed by atoms with Gasteiger partial charge >= 0.3 is 5.69 Å². The van der Waals surface area contributed by atoms with Crippen molar-refractivity contribution >= 4 is 0 Å². The maximum Gasteiger partial charge on any atom is 0.328 e. The summed E-state index contributed by atoms with van der Waals surface area (Å²) >= 11 is 0. The Morgan fingerprint density at radius 2 is 2.00 bits per heavy atom. The molecule has 0 bridgehead atoms. The highest BCUT2D eigenvalue weighted by Crippen LogP contribution is 2.07. The van der Waals surface area contributed by atoms with Gasteiger partial charge in [-0.25, -0.2) is 4.79 Å². The molecule has 0 amide bonds. The minimum atomic E-state index is -0.375. The van der Waals surface area contributed by atoms with Gasteiger partial charge < -0.3 is 4.98 Å². The van der Waals surface area contributed by atoms with Crippen LogP contribution in [-0.2, 0) is 13.5 Å². The Bertz CT molecular complexity index is 622. The summed E-state index contributed by atoms with van der Waals surface area (Å²) in [5, 5.41) is 0. The van der Waals surface area contributed by atoms with Gasteiger partial charge in [-0.1, -0.05) is 29.8 Å². The third-order valence-electron chi connectivity index (χ3n) is 2.68. The van der Waals surface area contributed by atoms with Gasteiger partial charge in [0.05, 0.1) is 0 Å². The van der Waals surface area contributed by atoms with E-state index in [1.165, 1.54) is 13.1 Å². The molecule has 88 valence electrons.